The van der Waals surface area contributed by atoms with Gasteiger partial charge in [0.15, 0.2) is 0 Å². The molecule has 1 nitrogen and oxygen atoms in total. The van der Waals surface area contributed by atoms with Gasteiger partial charge in [-0.2, -0.15) is 5.26 Å². The lowest BCUT2D eigenvalue weighted by molar-refractivity contribution is 0.591. The van der Waals surface area contributed by atoms with Crippen molar-refractivity contribution >= 4 is 32.3 Å². The monoisotopic (exact) mass is 359 g/mol. The Balaban J connectivity index is 1.78. The highest BCUT2D eigenvalue weighted by Crippen LogP contribution is 2.39. The van der Waals surface area contributed by atoms with Gasteiger partial charge in [0.2, 0.25) is 0 Å². The van der Waals surface area contributed by atoms with Crippen molar-refractivity contribution in [3.05, 3.63) is 83.9 Å². The summed E-state index contributed by atoms with van der Waals surface area (Å²) in [5.74, 6) is 0. The molecule has 0 radical (unpaired) electrons. The average Bonchev–Trinajstić information content (AvgIpc) is 2.70. The summed E-state index contributed by atoms with van der Waals surface area (Å²) in [6.45, 7) is 6.80. The van der Waals surface area contributed by atoms with Gasteiger partial charge in [0.25, 0.3) is 0 Å². The predicted molar refractivity (Wildman–Crippen MR) is 119 cm³/mol. The summed E-state index contributed by atoms with van der Waals surface area (Å²) >= 11 is 0. The summed E-state index contributed by atoms with van der Waals surface area (Å²) in [4.78, 5) is 0. The van der Waals surface area contributed by atoms with Crippen LogP contribution < -0.4 is 0 Å². The average molecular weight is 359 g/mol. The third-order valence-corrected chi connectivity index (χ3v) is 5.75. The molecule has 0 aromatic heterocycles. The van der Waals surface area contributed by atoms with Crippen molar-refractivity contribution in [2.75, 3.05) is 0 Å². The van der Waals surface area contributed by atoms with Crippen LogP contribution in [0.1, 0.15) is 31.9 Å². The third-order valence-electron chi connectivity index (χ3n) is 5.75. The molecule has 28 heavy (non-hydrogen) atoms. The van der Waals surface area contributed by atoms with E-state index in [1.807, 2.05) is 24.3 Å². The lowest BCUT2D eigenvalue weighted by atomic mass is 9.83. The summed E-state index contributed by atoms with van der Waals surface area (Å²) in [7, 11) is 0. The second-order valence-electron chi connectivity index (χ2n) is 8.67. The molecular formula is C27H21N. The van der Waals surface area contributed by atoms with Gasteiger partial charge in [-0.25, -0.2) is 0 Å². The van der Waals surface area contributed by atoms with Crippen molar-refractivity contribution < 1.29 is 0 Å². The van der Waals surface area contributed by atoms with Gasteiger partial charge in [-0.1, -0.05) is 69.3 Å². The molecule has 0 unspecified atom stereocenters. The lowest BCUT2D eigenvalue weighted by Gasteiger charge is -2.21. The second kappa shape index (κ2) is 5.81. The fraction of sp³-hybridized carbons (Fsp3) is 0.148. The van der Waals surface area contributed by atoms with Gasteiger partial charge in [-0.15, -0.1) is 0 Å². The largest absolute Gasteiger partial charge is 0.192 e. The molecule has 5 rings (SSSR count). The first kappa shape index (κ1) is 16.8. The fourth-order valence-electron chi connectivity index (χ4n) is 4.17. The molecule has 5 aromatic rings. The van der Waals surface area contributed by atoms with Crippen molar-refractivity contribution in [2.45, 2.75) is 26.2 Å². The number of hydrogen-bond acceptors (Lipinski definition) is 1. The van der Waals surface area contributed by atoms with Crippen LogP contribution in [-0.2, 0) is 5.41 Å². The van der Waals surface area contributed by atoms with E-state index in [2.05, 4.69) is 75.4 Å². The highest BCUT2D eigenvalue weighted by Gasteiger charge is 2.17. The smallest absolute Gasteiger partial charge is 0.0991 e. The number of nitriles is 1. The predicted octanol–water partition coefficient (Wildman–Crippen LogP) is 7.42. The maximum Gasteiger partial charge on any atom is 0.0991 e. The summed E-state index contributed by atoms with van der Waals surface area (Å²) in [6, 6.07) is 28.2. The molecular weight excluding hydrogens is 338 g/mol. The minimum atomic E-state index is 0.132. The van der Waals surface area contributed by atoms with Crippen LogP contribution in [0.5, 0.6) is 0 Å². The standard InChI is InChI=1S/C27H21N/c1-27(2,3)24-14-21-10-8-19-12-23(18-6-4-17(16-28)5-7-18)13-20-9-11-22(15-24)26(21)25(19)20/h4-15H,1-3H3. The summed E-state index contributed by atoms with van der Waals surface area (Å²) in [5, 5.41) is 16.9. The molecule has 0 N–H and O–H groups in total. The number of rotatable bonds is 1. The fourth-order valence-corrected chi connectivity index (χ4v) is 4.17. The van der Waals surface area contributed by atoms with E-state index in [0.717, 1.165) is 5.56 Å². The Morgan fingerprint density at radius 3 is 1.50 bits per heavy atom. The topological polar surface area (TPSA) is 23.8 Å². The van der Waals surface area contributed by atoms with Crippen molar-refractivity contribution in [3.63, 3.8) is 0 Å². The zero-order valence-electron chi connectivity index (χ0n) is 16.4. The maximum absolute atomic E-state index is 9.04. The molecule has 0 bridgehead atoms. The lowest BCUT2D eigenvalue weighted by Crippen LogP contribution is -2.10. The molecule has 0 aliphatic heterocycles. The molecule has 1 heteroatoms. The highest BCUT2D eigenvalue weighted by molar-refractivity contribution is 6.23. The van der Waals surface area contributed by atoms with Crippen molar-refractivity contribution in [3.8, 4) is 17.2 Å². The normalized spacial score (nSPS) is 12.1. The van der Waals surface area contributed by atoms with Gasteiger partial charge in [-0.3, -0.25) is 0 Å². The Morgan fingerprint density at radius 2 is 1.07 bits per heavy atom. The summed E-state index contributed by atoms with van der Waals surface area (Å²) < 4.78 is 0. The van der Waals surface area contributed by atoms with Gasteiger partial charge < -0.3 is 0 Å². The van der Waals surface area contributed by atoms with Crippen LogP contribution in [-0.4, -0.2) is 0 Å². The molecule has 0 aliphatic carbocycles. The Kier molecular flexibility index (Phi) is 3.48. The van der Waals surface area contributed by atoms with E-state index >= 15 is 0 Å². The number of nitrogens with zero attached hydrogens (tertiary/aromatic N) is 1. The Labute approximate surface area is 165 Å². The second-order valence-corrected chi connectivity index (χ2v) is 8.67. The highest BCUT2D eigenvalue weighted by atomic mass is 14.2. The molecule has 0 saturated carbocycles. The summed E-state index contributed by atoms with van der Waals surface area (Å²) in [5.41, 5.74) is 4.52. The molecule has 134 valence electrons. The van der Waals surface area contributed by atoms with Gasteiger partial charge in [0.05, 0.1) is 11.6 Å². The first-order valence-corrected chi connectivity index (χ1v) is 9.68. The third kappa shape index (κ3) is 2.53. The van der Waals surface area contributed by atoms with E-state index in [1.165, 1.54) is 43.4 Å². The van der Waals surface area contributed by atoms with Crippen LogP contribution in [0, 0.1) is 11.3 Å². The molecule has 0 spiro atoms. The minimum Gasteiger partial charge on any atom is -0.192 e. The molecule has 0 fully saturated rings. The van der Waals surface area contributed by atoms with Gasteiger partial charge >= 0.3 is 0 Å². The van der Waals surface area contributed by atoms with Crippen molar-refractivity contribution in [2.24, 2.45) is 0 Å². The van der Waals surface area contributed by atoms with Crippen molar-refractivity contribution in [1.82, 2.24) is 0 Å². The molecule has 0 aliphatic rings. The van der Waals surface area contributed by atoms with Crippen LogP contribution in [0.25, 0.3) is 43.4 Å². The van der Waals surface area contributed by atoms with E-state index < -0.39 is 0 Å². The van der Waals surface area contributed by atoms with Crippen LogP contribution in [0.2, 0.25) is 0 Å². The van der Waals surface area contributed by atoms with E-state index in [-0.39, 0.29) is 5.41 Å². The van der Waals surface area contributed by atoms with Gasteiger partial charge in [0, 0.05) is 0 Å². The van der Waals surface area contributed by atoms with E-state index in [0.29, 0.717) is 5.56 Å². The van der Waals surface area contributed by atoms with Crippen LogP contribution in [0.3, 0.4) is 0 Å². The molecule has 0 atom stereocenters. The minimum absolute atomic E-state index is 0.132. The summed E-state index contributed by atoms with van der Waals surface area (Å²) in [6.07, 6.45) is 0. The van der Waals surface area contributed by atoms with Gasteiger partial charge in [0.1, 0.15) is 0 Å². The van der Waals surface area contributed by atoms with Crippen LogP contribution in [0.4, 0.5) is 0 Å². The molecule has 0 heterocycles. The number of benzene rings is 5. The van der Waals surface area contributed by atoms with Gasteiger partial charge in [-0.05, 0) is 78.7 Å². The SMILES string of the molecule is CC(C)(C)c1cc2ccc3cc(-c4ccc(C#N)cc4)cc4ccc(c1)c2c34. The zero-order valence-corrected chi connectivity index (χ0v) is 16.4. The van der Waals surface area contributed by atoms with Crippen molar-refractivity contribution in [1.29, 1.82) is 5.26 Å². The van der Waals surface area contributed by atoms with E-state index in [9.17, 15) is 0 Å². The maximum atomic E-state index is 9.04. The van der Waals surface area contributed by atoms with E-state index in [1.54, 1.807) is 0 Å². The Morgan fingerprint density at radius 1 is 0.607 bits per heavy atom. The van der Waals surface area contributed by atoms with Crippen LogP contribution >= 0.6 is 0 Å². The van der Waals surface area contributed by atoms with Crippen LogP contribution in [0.15, 0.2) is 72.8 Å². The Hall–Kier alpha value is -3.37. The quantitative estimate of drug-likeness (QED) is 0.286. The Bertz CT molecular complexity index is 1310. The zero-order chi connectivity index (χ0) is 19.5. The molecule has 0 saturated heterocycles. The first-order valence-electron chi connectivity index (χ1n) is 9.68. The molecule has 0 amide bonds. The number of hydrogen-bond donors (Lipinski definition) is 0. The van der Waals surface area contributed by atoms with E-state index in [4.69, 9.17) is 5.26 Å². The first-order chi connectivity index (χ1) is 13.4. The molecule has 5 aromatic carbocycles.